The Balaban J connectivity index is 2.15. The van der Waals surface area contributed by atoms with E-state index in [1.807, 2.05) is 26.0 Å². The van der Waals surface area contributed by atoms with Gasteiger partial charge in [-0.25, -0.2) is 4.39 Å². The summed E-state index contributed by atoms with van der Waals surface area (Å²) < 4.78 is 19.0. The molecule has 0 aromatic heterocycles. The number of benzene rings is 2. The van der Waals surface area contributed by atoms with Gasteiger partial charge in [-0.05, 0) is 48.7 Å². The molecule has 2 N–H and O–H groups in total. The second-order valence-electron chi connectivity index (χ2n) is 4.89. The van der Waals surface area contributed by atoms with Gasteiger partial charge in [-0.1, -0.05) is 23.7 Å². The van der Waals surface area contributed by atoms with E-state index in [0.29, 0.717) is 16.3 Å². The van der Waals surface area contributed by atoms with Crippen LogP contribution in [0.1, 0.15) is 16.7 Å². The maximum Gasteiger partial charge on any atom is 0.491 e. The first-order chi connectivity index (χ1) is 9.88. The van der Waals surface area contributed by atoms with Crippen LogP contribution < -0.4 is 10.2 Å². The third kappa shape index (κ3) is 3.76. The van der Waals surface area contributed by atoms with E-state index in [2.05, 4.69) is 0 Å². The first-order valence-electron chi connectivity index (χ1n) is 6.42. The SMILES string of the molecule is Cc1cc(OCc2ccc(F)c(B(O)O)c2)cc(C)c1Cl. The van der Waals surface area contributed by atoms with E-state index in [-0.39, 0.29) is 12.1 Å². The van der Waals surface area contributed by atoms with Crippen LogP contribution in [0.4, 0.5) is 4.39 Å². The molecule has 0 spiro atoms. The van der Waals surface area contributed by atoms with E-state index in [0.717, 1.165) is 11.1 Å². The predicted molar refractivity (Wildman–Crippen MR) is 81.5 cm³/mol. The lowest BCUT2D eigenvalue weighted by atomic mass is 9.79. The number of ether oxygens (including phenoxy) is 1. The second-order valence-corrected chi connectivity index (χ2v) is 5.27. The van der Waals surface area contributed by atoms with E-state index in [1.165, 1.54) is 18.2 Å². The van der Waals surface area contributed by atoms with Gasteiger partial charge < -0.3 is 14.8 Å². The van der Waals surface area contributed by atoms with Gasteiger partial charge in [0.05, 0.1) is 0 Å². The molecule has 21 heavy (non-hydrogen) atoms. The van der Waals surface area contributed by atoms with E-state index in [4.69, 9.17) is 26.4 Å². The molecule has 0 radical (unpaired) electrons. The molecule has 3 nitrogen and oxygen atoms in total. The Labute approximate surface area is 128 Å². The number of hydrogen-bond acceptors (Lipinski definition) is 3. The third-order valence-corrected chi connectivity index (χ3v) is 3.75. The van der Waals surface area contributed by atoms with E-state index in [1.54, 1.807) is 0 Å². The summed E-state index contributed by atoms with van der Waals surface area (Å²) in [5.41, 5.74) is 2.30. The average molecular weight is 309 g/mol. The predicted octanol–water partition coefficient (Wildman–Crippen LogP) is 2.35. The van der Waals surface area contributed by atoms with Crippen molar-refractivity contribution in [1.29, 1.82) is 0 Å². The summed E-state index contributed by atoms with van der Waals surface area (Å²) in [5, 5.41) is 18.9. The lowest BCUT2D eigenvalue weighted by Gasteiger charge is -2.11. The third-order valence-electron chi connectivity index (χ3n) is 3.15. The molecule has 0 saturated carbocycles. The van der Waals surface area contributed by atoms with Crippen molar-refractivity contribution in [2.45, 2.75) is 20.5 Å². The van der Waals surface area contributed by atoms with Crippen LogP contribution in [0.15, 0.2) is 30.3 Å². The van der Waals surface area contributed by atoms with E-state index < -0.39 is 12.9 Å². The normalized spacial score (nSPS) is 10.6. The molecule has 0 fully saturated rings. The molecule has 0 bridgehead atoms. The number of aryl methyl sites for hydroxylation is 2. The Morgan fingerprint density at radius 1 is 1.14 bits per heavy atom. The fraction of sp³-hybridized carbons (Fsp3) is 0.200. The van der Waals surface area contributed by atoms with Crippen molar-refractivity contribution in [1.82, 2.24) is 0 Å². The van der Waals surface area contributed by atoms with Crippen molar-refractivity contribution < 1.29 is 19.2 Å². The van der Waals surface area contributed by atoms with Crippen LogP contribution in [0.3, 0.4) is 0 Å². The van der Waals surface area contributed by atoms with Crippen LogP contribution in [0.2, 0.25) is 5.02 Å². The minimum atomic E-state index is -1.84. The highest BCUT2D eigenvalue weighted by Crippen LogP contribution is 2.26. The highest BCUT2D eigenvalue weighted by atomic mass is 35.5. The minimum absolute atomic E-state index is 0.167. The number of hydrogen-bond donors (Lipinski definition) is 2. The molecule has 2 aromatic rings. The van der Waals surface area contributed by atoms with Gasteiger partial charge in [0.15, 0.2) is 0 Å². The summed E-state index contributed by atoms with van der Waals surface area (Å²) >= 11 is 6.09. The topological polar surface area (TPSA) is 49.7 Å². The minimum Gasteiger partial charge on any atom is -0.489 e. The Morgan fingerprint density at radius 3 is 2.33 bits per heavy atom. The zero-order valence-corrected chi connectivity index (χ0v) is 12.5. The summed E-state index contributed by atoms with van der Waals surface area (Å²) in [6.07, 6.45) is 0. The maximum absolute atomic E-state index is 13.4. The molecule has 0 atom stereocenters. The highest BCUT2D eigenvalue weighted by Gasteiger charge is 2.17. The molecule has 0 amide bonds. The van der Waals surface area contributed by atoms with Crippen molar-refractivity contribution >= 4 is 24.2 Å². The van der Waals surface area contributed by atoms with Crippen molar-refractivity contribution in [2.24, 2.45) is 0 Å². The summed E-state index contributed by atoms with van der Waals surface area (Å²) in [5.74, 6) is -0.00301. The summed E-state index contributed by atoms with van der Waals surface area (Å²) in [7, 11) is -1.84. The van der Waals surface area contributed by atoms with Gasteiger partial charge in [0, 0.05) is 10.5 Å². The van der Waals surface area contributed by atoms with Crippen LogP contribution in [0.5, 0.6) is 5.75 Å². The van der Waals surface area contributed by atoms with E-state index in [9.17, 15) is 4.39 Å². The Bertz CT molecular complexity index is 638. The van der Waals surface area contributed by atoms with Crippen molar-refractivity contribution in [2.75, 3.05) is 0 Å². The molecule has 0 aliphatic carbocycles. The van der Waals surface area contributed by atoms with Gasteiger partial charge >= 0.3 is 7.12 Å². The molecule has 2 rings (SSSR count). The Hall–Kier alpha value is -1.56. The molecule has 6 heteroatoms. The first kappa shape index (κ1) is 15.8. The molecule has 0 aliphatic rings. The van der Waals surface area contributed by atoms with Gasteiger partial charge in [0.1, 0.15) is 18.2 Å². The fourth-order valence-corrected chi connectivity index (χ4v) is 2.15. The summed E-state index contributed by atoms with van der Waals surface area (Å²) in [6.45, 7) is 3.97. The quantitative estimate of drug-likeness (QED) is 0.853. The Morgan fingerprint density at radius 2 is 1.76 bits per heavy atom. The zero-order valence-electron chi connectivity index (χ0n) is 11.7. The van der Waals surface area contributed by atoms with Gasteiger partial charge in [-0.15, -0.1) is 0 Å². The fourth-order valence-electron chi connectivity index (χ4n) is 2.04. The first-order valence-corrected chi connectivity index (χ1v) is 6.80. The largest absolute Gasteiger partial charge is 0.491 e. The Kier molecular flexibility index (Phi) is 4.88. The van der Waals surface area contributed by atoms with Crippen LogP contribution in [-0.2, 0) is 6.61 Å². The maximum atomic E-state index is 13.4. The molecule has 110 valence electrons. The summed E-state index contributed by atoms with van der Waals surface area (Å²) in [4.78, 5) is 0. The molecular weight excluding hydrogens is 293 g/mol. The smallest absolute Gasteiger partial charge is 0.489 e. The van der Waals surface area contributed by atoms with Gasteiger partial charge in [-0.2, -0.15) is 0 Å². The molecule has 0 heterocycles. The molecule has 2 aromatic carbocycles. The van der Waals surface area contributed by atoms with Crippen molar-refractivity contribution in [3.63, 3.8) is 0 Å². The van der Waals surface area contributed by atoms with Gasteiger partial charge in [-0.3, -0.25) is 0 Å². The van der Waals surface area contributed by atoms with Crippen LogP contribution in [0.25, 0.3) is 0 Å². The number of rotatable bonds is 4. The zero-order chi connectivity index (χ0) is 15.6. The average Bonchev–Trinajstić information content (AvgIpc) is 2.43. The van der Waals surface area contributed by atoms with E-state index >= 15 is 0 Å². The molecular formula is C15H15BClFO3. The molecule has 0 unspecified atom stereocenters. The van der Waals surface area contributed by atoms with Crippen molar-refractivity contribution in [3.8, 4) is 5.75 Å². The molecule has 0 saturated heterocycles. The standard InChI is InChI=1S/C15H15BClFO3/c1-9-5-12(6-10(2)15(9)17)21-8-11-3-4-14(18)13(7-11)16(19)20/h3-7,19-20H,8H2,1-2H3. The number of halogens is 2. The molecule has 0 aliphatic heterocycles. The lowest BCUT2D eigenvalue weighted by molar-refractivity contribution is 0.305. The van der Waals surface area contributed by atoms with Crippen LogP contribution in [-0.4, -0.2) is 17.2 Å². The van der Waals surface area contributed by atoms with Crippen molar-refractivity contribution in [3.05, 3.63) is 57.9 Å². The van der Waals surface area contributed by atoms with Gasteiger partial charge in [0.25, 0.3) is 0 Å². The second kappa shape index (κ2) is 6.47. The lowest BCUT2D eigenvalue weighted by Crippen LogP contribution is -2.33. The summed E-state index contributed by atoms with van der Waals surface area (Å²) in [6, 6.07) is 7.74. The monoisotopic (exact) mass is 308 g/mol. The van der Waals surface area contributed by atoms with Crippen LogP contribution >= 0.6 is 11.6 Å². The van der Waals surface area contributed by atoms with Crippen LogP contribution in [0, 0.1) is 19.7 Å². The highest BCUT2D eigenvalue weighted by molar-refractivity contribution is 6.58. The van der Waals surface area contributed by atoms with Gasteiger partial charge in [0.2, 0.25) is 0 Å².